The van der Waals surface area contributed by atoms with Crippen molar-refractivity contribution in [2.24, 2.45) is 0 Å². The van der Waals surface area contributed by atoms with Crippen molar-refractivity contribution in [3.05, 3.63) is 94.0 Å². The average molecular weight is 533 g/mol. The Kier molecular flexibility index (Phi) is 7.70. The molecule has 40 heavy (non-hydrogen) atoms. The molecule has 8 nitrogen and oxygen atoms in total. The van der Waals surface area contributed by atoms with Crippen LogP contribution in [0.25, 0.3) is 0 Å². The maximum atomic E-state index is 13.6. The summed E-state index contributed by atoms with van der Waals surface area (Å²) in [4.78, 5) is 34.6. The number of piperazine rings is 2. The number of nitriles is 2. The number of benzene rings is 3. The van der Waals surface area contributed by atoms with E-state index in [1.165, 1.54) is 0 Å². The fourth-order valence-corrected chi connectivity index (χ4v) is 5.59. The minimum absolute atomic E-state index is 0.000571. The highest BCUT2D eigenvalue weighted by Crippen LogP contribution is 2.25. The largest absolute Gasteiger partial charge is 0.367 e. The summed E-state index contributed by atoms with van der Waals surface area (Å²) in [5.41, 5.74) is 6.52. The topological polar surface area (TPSA) is 94.7 Å². The van der Waals surface area contributed by atoms with E-state index >= 15 is 0 Å². The maximum absolute atomic E-state index is 13.6. The standard InChI is InChI=1S/C32H32N6O2/c1-23-17-24(2)28(32(40)36-13-11-35(12-14-36)29-9-5-3-7-25(29)19-33)18-27(23)21-38-16-15-37(22-31(38)39)30-10-6-4-8-26(30)20-34/h3-10,17-18H,11-16,21-22H2,1-2H3. The predicted octanol–water partition coefficient (Wildman–Crippen LogP) is 3.86. The van der Waals surface area contributed by atoms with Crippen molar-refractivity contribution in [3.63, 3.8) is 0 Å². The Morgan fingerprint density at radius 3 is 1.95 bits per heavy atom. The molecule has 2 aliphatic heterocycles. The van der Waals surface area contributed by atoms with Gasteiger partial charge in [-0.1, -0.05) is 30.3 Å². The third-order valence-corrected chi connectivity index (χ3v) is 7.89. The van der Waals surface area contributed by atoms with Crippen LogP contribution in [0.3, 0.4) is 0 Å². The summed E-state index contributed by atoms with van der Waals surface area (Å²) in [6.07, 6.45) is 0. The Bertz CT molecular complexity index is 1530. The predicted molar refractivity (Wildman–Crippen MR) is 154 cm³/mol. The van der Waals surface area contributed by atoms with Crippen molar-refractivity contribution in [3.8, 4) is 12.1 Å². The van der Waals surface area contributed by atoms with Crippen molar-refractivity contribution in [1.29, 1.82) is 10.5 Å². The van der Waals surface area contributed by atoms with Gasteiger partial charge >= 0.3 is 0 Å². The van der Waals surface area contributed by atoms with E-state index in [1.54, 1.807) is 6.07 Å². The van der Waals surface area contributed by atoms with Gasteiger partial charge in [-0.3, -0.25) is 9.59 Å². The number of rotatable bonds is 5. The molecule has 2 amide bonds. The number of amides is 2. The Labute approximate surface area is 235 Å². The van der Waals surface area contributed by atoms with Crippen LogP contribution in [0.4, 0.5) is 11.4 Å². The maximum Gasteiger partial charge on any atom is 0.254 e. The summed E-state index contributed by atoms with van der Waals surface area (Å²) in [5, 5.41) is 18.9. The Balaban J connectivity index is 1.26. The number of para-hydroxylation sites is 2. The van der Waals surface area contributed by atoms with E-state index in [0.29, 0.717) is 62.5 Å². The van der Waals surface area contributed by atoms with E-state index in [0.717, 1.165) is 28.1 Å². The first kappa shape index (κ1) is 26.8. The van der Waals surface area contributed by atoms with Gasteiger partial charge in [0.2, 0.25) is 5.91 Å². The molecular weight excluding hydrogens is 500 g/mol. The summed E-state index contributed by atoms with van der Waals surface area (Å²) >= 11 is 0. The highest BCUT2D eigenvalue weighted by atomic mass is 16.2. The van der Waals surface area contributed by atoms with Crippen LogP contribution < -0.4 is 9.80 Å². The first-order valence-corrected chi connectivity index (χ1v) is 13.5. The molecular formula is C32H32N6O2. The van der Waals surface area contributed by atoms with Crippen LogP contribution in [0.15, 0.2) is 60.7 Å². The summed E-state index contributed by atoms with van der Waals surface area (Å²) in [6, 6.07) is 23.4. The van der Waals surface area contributed by atoms with Crippen LogP contribution in [-0.2, 0) is 11.3 Å². The minimum atomic E-state index is -0.00350. The smallest absolute Gasteiger partial charge is 0.254 e. The van der Waals surface area contributed by atoms with Crippen LogP contribution in [0.1, 0.15) is 38.2 Å². The van der Waals surface area contributed by atoms with Gasteiger partial charge in [-0.05, 0) is 60.9 Å². The summed E-state index contributed by atoms with van der Waals surface area (Å²) in [7, 11) is 0. The molecule has 0 atom stereocenters. The molecule has 0 saturated carbocycles. The van der Waals surface area contributed by atoms with Gasteiger partial charge in [0.1, 0.15) is 12.1 Å². The number of hydrogen-bond donors (Lipinski definition) is 0. The fraction of sp³-hybridized carbons (Fsp3) is 0.312. The van der Waals surface area contributed by atoms with E-state index in [4.69, 9.17) is 0 Å². The van der Waals surface area contributed by atoms with Crippen molar-refractivity contribution in [1.82, 2.24) is 9.80 Å². The molecule has 2 heterocycles. The molecule has 0 N–H and O–H groups in total. The van der Waals surface area contributed by atoms with E-state index < -0.39 is 0 Å². The van der Waals surface area contributed by atoms with Gasteiger partial charge < -0.3 is 19.6 Å². The zero-order chi connectivity index (χ0) is 28.2. The summed E-state index contributed by atoms with van der Waals surface area (Å²) in [6.45, 7) is 8.30. The van der Waals surface area contributed by atoms with Crippen LogP contribution in [0.2, 0.25) is 0 Å². The minimum Gasteiger partial charge on any atom is -0.367 e. The molecule has 0 radical (unpaired) electrons. The molecule has 0 spiro atoms. The zero-order valence-electron chi connectivity index (χ0n) is 22.9. The third kappa shape index (κ3) is 5.34. The van der Waals surface area contributed by atoms with Gasteiger partial charge in [-0.2, -0.15) is 10.5 Å². The van der Waals surface area contributed by atoms with Gasteiger partial charge in [-0.15, -0.1) is 0 Å². The number of carbonyl (C=O) groups is 2. The number of carbonyl (C=O) groups excluding carboxylic acids is 2. The second-order valence-electron chi connectivity index (χ2n) is 10.4. The van der Waals surface area contributed by atoms with E-state index in [-0.39, 0.29) is 18.4 Å². The summed E-state index contributed by atoms with van der Waals surface area (Å²) < 4.78 is 0. The van der Waals surface area contributed by atoms with Gasteiger partial charge in [0.25, 0.3) is 5.91 Å². The Hall–Kier alpha value is -4.82. The van der Waals surface area contributed by atoms with E-state index in [9.17, 15) is 20.1 Å². The lowest BCUT2D eigenvalue weighted by Crippen LogP contribution is -2.50. The van der Waals surface area contributed by atoms with Gasteiger partial charge in [0.05, 0.1) is 29.0 Å². The molecule has 0 aliphatic carbocycles. The third-order valence-electron chi connectivity index (χ3n) is 7.89. The van der Waals surface area contributed by atoms with Gasteiger partial charge in [-0.25, -0.2) is 0 Å². The first-order valence-electron chi connectivity index (χ1n) is 13.5. The van der Waals surface area contributed by atoms with Crippen LogP contribution in [0.5, 0.6) is 0 Å². The lowest BCUT2D eigenvalue weighted by atomic mass is 9.98. The Morgan fingerprint density at radius 1 is 0.775 bits per heavy atom. The molecule has 0 unspecified atom stereocenters. The quantitative estimate of drug-likeness (QED) is 0.495. The van der Waals surface area contributed by atoms with Crippen molar-refractivity contribution in [2.45, 2.75) is 20.4 Å². The molecule has 3 aromatic carbocycles. The molecule has 2 fully saturated rings. The lowest BCUT2D eigenvalue weighted by molar-refractivity contribution is -0.131. The van der Waals surface area contributed by atoms with Crippen LogP contribution in [0, 0.1) is 36.5 Å². The van der Waals surface area contributed by atoms with Gasteiger partial charge in [0.15, 0.2) is 0 Å². The Morgan fingerprint density at radius 2 is 1.35 bits per heavy atom. The molecule has 0 aromatic heterocycles. The molecule has 8 heteroatoms. The van der Waals surface area contributed by atoms with Crippen molar-refractivity contribution in [2.75, 3.05) is 55.6 Å². The first-order chi connectivity index (χ1) is 19.4. The summed E-state index contributed by atoms with van der Waals surface area (Å²) in [5.74, 6) is -0.00292. The van der Waals surface area contributed by atoms with Crippen molar-refractivity contribution < 1.29 is 9.59 Å². The average Bonchev–Trinajstić information content (AvgIpc) is 2.99. The molecule has 0 bridgehead atoms. The number of hydrogen-bond acceptors (Lipinski definition) is 6. The fourth-order valence-electron chi connectivity index (χ4n) is 5.59. The molecule has 5 rings (SSSR count). The van der Waals surface area contributed by atoms with Crippen LogP contribution in [-0.4, -0.2) is 67.4 Å². The lowest BCUT2D eigenvalue weighted by Gasteiger charge is -2.37. The SMILES string of the molecule is Cc1cc(C)c(C(=O)N2CCN(c3ccccc3C#N)CC2)cc1CN1CCN(c2ccccc2C#N)CC1=O. The second-order valence-corrected chi connectivity index (χ2v) is 10.4. The number of aryl methyl sites for hydroxylation is 2. The highest BCUT2D eigenvalue weighted by molar-refractivity contribution is 5.96. The number of nitrogens with zero attached hydrogens (tertiary/aromatic N) is 6. The zero-order valence-corrected chi connectivity index (χ0v) is 22.9. The normalized spacial score (nSPS) is 15.6. The molecule has 2 aliphatic rings. The molecule has 3 aromatic rings. The second kappa shape index (κ2) is 11.5. The van der Waals surface area contributed by atoms with E-state index in [1.807, 2.05) is 83.1 Å². The molecule has 2 saturated heterocycles. The molecule has 202 valence electrons. The number of anilines is 2. The van der Waals surface area contributed by atoms with Crippen LogP contribution >= 0.6 is 0 Å². The van der Waals surface area contributed by atoms with Crippen molar-refractivity contribution >= 4 is 23.2 Å². The van der Waals surface area contributed by atoms with E-state index in [2.05, 4.69) is 17.0 Å². The highest BCUT2D eigenvalue weighted by Gasteiger charge is 2.28. The van der Waals surface area contributed by atoms with Gasteiger partial charge in [0, 0.05) is 51.4 Å². The monoisotopic (exact) mass is 532 g/mol.